The fourth-order valence-corrected chi connectivity index (χ4v) is 6.28. The summed E-state index contributed by atoms with van der Waals surface area (Å²) in [7, 11) is -4.18. The van der Waals surface area contributed by atoms with Gasteiger partial charge in [0.15, 0.2) is 0 Å². The lowest BCUT2D eigenvalue weighted by Crippen LogP contribution is -2.26. The molecule has 0 fully saturated rings. The molecule has 6 nitrogen and oxygen atoms in total. The van der Waals surface area contributed by atoms with Gasteiger partial charge in [-0.3, -0.25) is 0 Å². The van der Waals surface area contributed by atoms with Crippen molar-refractivity contribution in [3.8, 4) is 11.3 Å². The minimum atomic E-state index is -4.18. The van der Waals surface area contributed by atoms with Crippen molar-refractivity contribution in [3.63, 3.8) is 0 Å². The van der Waals surface area contributed by atoms with E-state index in [2.05, 4.69) is 9.50 Å². The summed E-state index contributed by atoms with van der Waals surface area (Å²) in [5.74, 6) is 0.191. The molecule has 10 heteroatoms. The van der Waals surface area contributed by atoms with Crippen LogP contribution in [0, 0.1) is 6.92 Å². The molecule has 0 amide bonds. The molecule has 0 saturated heterocycles. The van der Waals surface area contributed by atoms with Gasteiger partial charge in [-0.25, -0.2) is 0 Å². The second-order valence-corrected chi connectivity index (χ2v) is 10.8. The van der Waals surface area contributed by atoms with Gasteiger partial charge < -0.3 is 5.73 Å². The lowest BCUT2D eigenvalue weighted by Gasteiger charge is -2.12. The van der Waals surface area contributed by atoms with Crippen LogP contribution in [0.25, 0.3) is 11.3 Å². The fourth-order valence-electron chi connectivity index (χ4n) is 3.25. The maximum Gasteiger partial charge on any atom is 0.286 e. The van der Waals surface area contributed by atoms with Crippen LogP contribution in [0.15, 0.2) is 93.2 Å². The number of aryl methyl sites for hydroxylation is 1. The molecule has 1 aromatic heterocycles. The Labute approximate surface area is 212 Å². The molecule has 34 heavy (non-hydrogen) atoms. The van der Waals surface area contributed by atoms with Gasteiger partial charge in [-0.1, -0.05) is 71.7 Å². The predicted molar refractivity (Wildman–Crippen MR) is 139 cm³/mol. The number of thioether (sulfide) groups is 1. The number of benzene rings is 3. The van der Waals surface area contributed by atoms with Crippen LogP contribution < -0.4 is 5.73 Å². The second kappa shape index (κ2) is 10.2. The summed E-state index contributed by atoms with van der Waals surface area (Å²) in [6.45, 7) is 1.73. The lowest BCUT2D eigenvalue weighted by atomic mass is 10.1. The maximum absolute atomic E-state index is 13.4. The molecule has 4 rings (SSSR count). The molecule has 2 N–H and O–H groups in total. The van der Waals surface area contributed by atoms with Gasteiger partial charge in [0.25, 0.3) is 10.0 Å². The highest BCUT2D eigenvalue weighted by Gasteiger charge is 2.22. The molecule has 0 radical (unpaired) electrons. The number of hydrogen-bond donors (Lipinski definition) is 1. The fraction of sp³-hybridized carbons (Fsp3) is 0.0833. The van der Waals surface area contributed by atoms with Crippen LogP contribution in [0.4, 0.5) is 0 Å². The standard InChI is InChI=1S/C24H20Cl2N4O2S2/c1-16-13-23(22(14-20(16)26)33-15-18-9-5-6-10-19(18)25)34(31,32)29-24(27)30-21(11-12-28-30)17-7-3-2-4-8-17/h2-14H,15H2,1H3,(H2,27,29). The first-order chi connectivity index (χ1) is 16.3. The van der Waals surface area contributed by atoms with Crippen molar-refractivity contribution in [1.82, 2.24) is 9.78 Å². The monoisotopic (exact) mass is 530 g/mol. The minimum Gasteiger partial charge on any atom is -0.367 e. The number of nitrogens with two attached hydrogens (primary N) is 1. The van der Waals surface area contributed by atoms with Crippen molar-refractivity contribution >= 4 is 50.9 Å². The third kappa shape index (κ3) is 5.31. The summed E-state index contributed by atoms with van der Waals surface area (Å²) in [6.07, 6.45) is 1.54. The van der Waals surface area contributed by atoms with Crippen molar-refractivity contribution in [2.75, 3.05) is 0 Å². The van der Waals surface area contributed by atoms with Gasteiger partial charge in [-0.05, 0) is 42.3 Å². The Morgan fingerprint density at radius 2 is 1.74 bits per heavy atom. The van der Waals surface area contributed by atoms with Gasteiger partial charge in [0.1, 0.15) is 4.90 Å². The maximum atomic E-state index is 13.4. The van der Waals surface area contributed by atoms with Crippen LogP contribution in [-0.2, 0) is 15.8 Å². The number of aromatic nitrogens is 2. The predicted octanol–water partition coefficient (Wildman–Crippen LogP) is 6.01. The van der Waals surface area contributed by atoms with E-state index >= 15 is 0 Å². The van der Waals surface area contributed by atoms with E-state index < -0.39 is 10.0 Å². The SMILES string of the molecule is Cc1cc(S(=O)(=O)/N=C(\N)n2nccc2-c2ccccc2)c(SCc2ccccc2Cl)cc1Cl. The first-order valence-electron chi connectivity index (χ1n) is 10.1. The largest absolute Gasteiger partial charge is 0.367 e. The number of hydrogen-bond acceptors (Lipinski definition) is 4. The molecule has 0 atom stereocenters. The summed E-state index contributed by atoms with van der Waals surface area (Å²) >= 11 is 13.9. The summed E-state index contributed by atoms with van der Waals surface area (Å²) in [5.41, 5.74) is 9.06. The Hall–Kier alpha value is -2.78. The first kappa shape index (κ1) is 24.3. The molecule has 174 valence electrons. The number of halogens is 2. The average molecular weight is 531 g/mol. The molecule has 0 bridgehead atoms. The van der Waals surface area contributed by atoms with Crippen LogP contribution in [0.2, 0.25) is 10.0 Å². The van der Waals surface area contributed by atoms with Gasteiger partial charge in [-0.2, -0.15) is 18.2 Å². The summed E-state index contributed by atoms with van der Waals surface area (Å²) in [4.78, 5) is 0.471. The normalized spacial score (nSPS) is 12.1. The second-order valence-electron chi connectivity index (χ2n) is 7.35. The van der Waals surface area contributed by atoms with Crippen molar-refractivity contribution < 1.29 is 8.42 Å². The van der Waals surface area contributed by atoms with Crippen LogP contribution in [0.3, 0.4) is 0 Å². The zero-order valence-corrected chi connectivity index (χ0v) is 21.2. The minimum absolute atomic E-state index is 0.0165. The van der Waals surface area contributed by atoms with Crippen molar-refractivity contribution in [1.29, 1.82) is 0 Å². The van der Waals surface area contributed by atoms with Gasteiger partial charge in [0, 0.05) is 26.3 Å². The number of rotatable bonds is 6. The third-order valence-electron chi connectivity index (χ3n) is 4.99. The van der Waals surface area contributed by atoms with E-state index in [-0.39, 0.29) is 10.9 Å². The Balaban J connectivity index is 1.71. The smallest absolute Gasteiger partial charge is 0.286 e. The third-order valence-corrected chi connectivity index (χ3v) is 8.32. The first-order valence-corrected chi connectivity index (χ1v) is 13.3. The van der Waals surface area contributed by atoms with E-state index in [4.69, 9.17) is 28.9 Å². The van der Waals surface area contributed by atoms with E-state index in [9.17, 15) is 8.42 Å². The van der Waals surface area contributed by atoms with Gasteiger partial charge in [0.2, 0.25) is 5.96 Å². The van der Waals surface area contributed by atoms with Crippen LogP contribution in [-0.4, -0.2) is 24.2 Å². The molecule has 0 aliphatic carbocycles. The Morgan fingerprint density at radius 1 is 1.03 bits per heavy atom. The lowest BCUT2D eigenvalue weighted by molar-refractivity contribution is 0.595. The quantitative estimate of drug-likeness (QED) is 0.187. The molecule has 0 saturated carbocycles. The molecule has 1 heterocycles. The zero-order valence-electron chi connectivity index (χ0n) is 18.0. The Kier molecular flexibility index (Phi) is 7.33. The molecule has 3 aromatic carbocycles. The number of sulfonamides is 1. The van der Waals surface area contributed by atoms with E-state index in [1.807, 2.05) is 48.5 Å². The topological polar surface area (TPSA) is 90.3 Å². The van der Waals surface area contributed by atoms with Crippen LogP contribution >= 0.6 is 35.0 Å². The van der Waals surface area contributed by atoms with E-state index in [0.29, 0.717) is 32.0 Å². The highest BCUT2D eigenvalue weighted by atomic mass is 35.5. The van der Waals surface area contributed by atoms with Gasteiger partial charge in [-0.15, -0.1) is 16.2 Å². The van der Waals surface area contributed by atoms with Crippen molar-refractivity contribution in [2.45, 2.75) is 22.5 Å². The number of nitrogens with zero attached hydrogens (tertiary/aromatic N) is 3. The van der Waals surface area contributed by atoms with E-state index in [0.717, 1.165) is 11.1 Å². The molecule has 4 aromatic rings. The summed E-state index contributed by atoms with van der Waals surface area (Å²) in [5, 5.41) is 5.22. The van der Waals surface area contributed by atoms with Crippen LogP contribution in [0.5, 0.6) is 0 Å². The Morgan fingerprint density at radius 3 is 2.47 bits per heavy atom. The molecule has 0 aliphatic heterocycles. The van der Waals surface area contributed by atoms with E-state index in [1.165, 1.54) is 28.7 Å². The Bertz CT molecular complexity index is 1470. The molecular weight excluding hydrogens is 511 g/mol. The van der Waals surface area contributed by atoms with Gasteiger partial charge >= 0.3 is 0 Å². The zero-order chi connectivity index (χ0) is 24.3. The van der Waals surface area contributed by atoms with Crippen LogP contribution in [0.1, 0.15) is 11.1 Å². The van der Waals surface area contributed by atoms with E-state index in [1.54, 1.807) is 25.1 Å². The van der Waals surface area contributed by atoms with Crippen molar-refractivity contribution in [3.05, 3.63) is 100 Å². The highest BCUT2D eigenvalue weighted by Crippen LogP contribution is 2.35. The summed E-state index contributed by atoms with van der Waals surface area (Å²) in [6, 6.07) is 21.6. The van der Waals surface area contributed by atoms with Crippen molar-refractivity contribution in [2.24, 2.45) is 10.1 Å². The highest BCUT2D eigenvalue weighted by molar-refractivity contribution is 7.99. The molecular formula is C24H20Cl2N4O2S2. The molecule has 0 aliphatic rings. The summed E-state index contributed by atoms with van der Waals surface area (Å²) < 4.78 is 31.9. The molecule has 0 unspecified atom stereocenters. The molecule has 0 spiro atoms. The van der Waals surface area contributed by atoms with Gasteiger partial charge in [0.05, 0.1) is 11.9 Å². The average Bonchev–Trinajstić information content (AvgIpc) is 3.31.